The molecule has 4 rings (SSSR count). The van der Waals surface area contributed by atoms with Crippen LogP contribution in [0.3, 0.4) is 0 Å². The number of aromatic nitrogens is 2. The van der Waals surface area contributed by atoms with Crippen molar-refractivity contribution in [3.8, 4) is 5.75 Å². The largest absolute Gasteiger partial charge is 0.495 e. The summed E-state index contributed by atoms with van der Waals surface area (Å²) in [5, 5.41) is 10.9. The highest BCUT2D eigenvalue weighted by Crippen LogP contribution is 2.39. The van der Waals surface area contributed by atoms with E-state index in [0.29, 0.717) is 40.8 Å². The number of methoxy groups -OCH3 is 1. The van der Waals surface area contributed by atoms with E-state index in [1.165, 1.54) is 19.2 Å². The highest BCUT2D eigenvalue weighted by Gasteiger charge is 2.53. The Morgan fingerprint density at radius 2 is 1.88 bits per heavy atom. The van der Waals surface area contributed by atoms with Crippen molar-refractivity contribution in [1.29, 1.82) is 0 Å². The van der Waals surface area contributed by atoms with Gasteiger partial charge >= 0.3 is 0 Å². The predicted molar refractivity (Wildman–Crippen MR) is 125 cm³/mol. The van der Waals surface area contributed by atoms with Gasteiger partial charge in [0.15, 0.2) is 0 Å². The lowest BCUT2D eigenvalue weighted by atomic mass is 10.1. The number of fused-ring (bicyclic) bond motifs is 1. The maximum absolute atomic E-state index is 13.2. The van der Waals surface area contributed by atoms with Crippen molar-refractivity contribution in [2.45, 2.75) is 38.3 Å². The van der Waals surface area contributed by atoms with Crippen LogP contribution < -0.4 is 10.1 Å². The molecule has 1 aliphatic rings. The normalized spacial score (nSPS) is 14.6. The molecule has 0 spiro atoms. The molecule has 8 heteroatoms. The van der Waals surface area contributed by atoms with E-state index in [0.717, 1.165) is 5.56 Å². The molecule has 0 unspecified atom stereocenters. The first-order valence-electron chi connectivity index (χ1n) is 10.8. The standard InChI is InChI=1S/C25H27FN4O3/c1-15(2)30(3)24(32)25(13-14-25)27-23(31)18-10-12-20-21(22(18)33-4)19(28-29-20)11-7-16-5-8-17(26)9-6-16/h5-12,15H,13-14H2,1-4H3,(H,27,31)(H,28,29)/b11-7+. The number of H-pyrrole nitrogens is 1. The lowest BCUT2D eigenvalue weighted by molar-refractivity contribution is -0.134. The Labute approximate surface area is 191 Å². The first kappa shape index (κ1) is 22.5. The molecule has 1 aromatic heterocycles. The Morgan fingerprint density at radius 1 is 1.18 bits per heavy atom. The predicted octanol–water partition coefficient (Wildman–Crippen LogP) is 4.01. The second-order valence-corrected chi connectivity index (χ2v) is 8.61. The summed E-state index contributed by atoms with van der Waals surface area (Å²) in [4.78, 5) is 27.8. The average molecular weight is 451 g/mol. The third-order valence-corrected chi connectivity index (χ3v) is 6.07. The van der Waals surface area contributed by atoms with Crippen LogP contribution in [0.5, 0.6) is 5.75 Å². The van der Waals surface area contributed by atoms with Crippen molar-refractivity contribution in [2.24, 2.45) is 0 Å². The fraction of sp³-hybridized carbons (Fsp3) is 0.320. The van der Waals surface area contributed by atoms with Crippen molar-refractivity contribution in [3.63, 3.8) is 0 Å². The summed E-state index contributed by atoms with van der Waals surface area (Å²) in [6.07, 6.45) is 4.80. The van der Waals surface area contributed by atoms with E-state index in [2.05, 4.69) is 15.5 Å². The average Bonchev–Trinajstić information content (AvgIpc) is 3.47. The van der Waals surface area contributed by atoms with Gasteiger partial charge in [0.25, 0.3) is 5.91 Å². The van der Waals surface area contributed by atoms with Gasteiger partial charge in [-0.05, 0) is 62.6 Å². The number of halogens is 1. The Morgan fingerprint density at radius 3 is 2.48 bits per heavy atom. The molecule has 0 bridgehead atoms. The summed E-state index contributed by atoms with van der Waals surface area (Å²) in [6.45, 7) is 3.87. The molecule has 172 valence electrons. The molecule has 7 nitrogen and oxygen atoms in total. The molecule has 1 aliphatic carbocycles. The molecule has 0 aliphatic heterocycles. The fourth-order valence-corrected chi connectivity index (χ4v) is 3.74. The minimum Gasteiger partial charge on any atom is -0.495 e. The summed E-state index contributed by atoms with van der Waals surface area (Å²) < 4.78 is 18.8. The Bertz CT molecular complexity index is 1230. The minimum absolute atomic E-state index is 0.0409. The van der Waals surface area contributed by atoms with E-state index in [4.69, 9.17) is 4.74 Å². The molecular weight excluding hydrogens is 423 g/mol. The molecule has 2 amide bonds. The number of hydrogen-bond donors (Lipinski definition) is 2. The monoisotopic (exact) mass is 450 g/mol. The zero-order chi connectivity index (χ0) is 23.8. The van der Waals surface area contributed by atoms with E-state index in [1.54, 1.807) is 48.4 Å². The van der Waals surface area contributed by atoms with Crippen LogP contribution in [0.1, 0.15) is 48.3 Å². The van der Waals surface area contributed by atoms with Crippen LogP contribution in [0.2, 0.25) is 0 Å². The number of hydrogen-bond acceptors (Lipinski definition) is 4. The maximum atomic E-state index is 13.2. The van der Waals surface area contributed by atoms with E-state index >= 15 is 0 Å². The quantitative estimate of drug-likeness (QED) is 0.569. The number of amides is 2. The van der Waals surface area contributed by atoms with Crippen molar-refractivity contribution in [2.75, 3.05) is 14.2 Å². The van der Waals surface area contributed by atoms with Gasteiger partial charge in [-0.15, -0.1) is 0 Å². The SMILES string of the molecule is COc1c(C(=O)NC2(C(=O)N(C)C(C)C)CC2)ccc2[nH]nc(/C=C/c3ccc(F)cc3)c12. The molecule has 3 aromatic rings. The number of benzene rings is 2. The van der Waals surface area contributed by atoms with Gasteiger partial charge in [0, 0.05) is 13.1 Å². The number of carbonyl (C=O) groups is 2. The number of ether oxygens (including phenoxy) is 1. The second kappa shape index (κ2) is 8.69. The third-order valence-electron chi connectivity index (χ3n) is 6.07. The Kier molecular flexibility index (Phi) is 5.93. The van der Waals surface area contributed by atoms with Crippen LogP contribution in [-0.2, 0) is 4.79 Å². The van der Waals surface area contributed by atoms with Crippen molar-refractivity contribution in [3.05, 3.63) is 59.0 Å². The van der Waals surface area contributed by atoms with Crippen molar-refractivity contribution >= 4 is 34.9 Å². The zero-order valence-electron chi connectivity index (χ0n) is 19.1. The molecule has 2 N–H and O–H groups in total. The van der Waals surface area contributed by atoms with Crippen molar-refractivity contribution in [1.82, 2.24) is 20.4 Å². The van der Waals surface area contributed by atoms with Crippen LogP contribution in [0.25, 0.3) is 23.1 Å². The summed E-state index contributed by atoms with van der Waals surface area (Å²) in [6, 6.07) is 9.56. The maximum Gasteiger partial charge on any atom is 0.255 e. The van der Waals surface area contributed by atoms with Gasteiger partial charge in [0.05, 0.1) is 29.3 Å². The Balaban J connectivity index is 1.65. The van der Waals surface area contributed by atoms with Gasteiger partial charge in [-0.1, -0.05) is 18.2 Å². The van der Waals surface area contributed by atoms with Gasteiger partial charge in [0.1, 0.15) is 17.1 Å². The molecule has 1 heterocycles. The van der Waals surface area contributed by atoms with Gasteiger partial charge in [-0.3, -0.25) is 14.7 Å². The summed E-state index contributed by atoms with van der Waals surface area (Å²) in [5.41, 5.74) is 1.56. The third kappa shape index (κ3) is 4.33. The molecule has 0 atom stereocenters. The van der Waals surface area contributed by atoms with Crippen LogP contribution in [0, 0.1) is 5.82 Å². The first-order chi connectivity index (χ1) is 15.8. The number of aromatic amines is 1. The topological polar surface area (TPSA) is 87.3 Å². The Hall–Kier alpha value is -3.68. The van der Waals surface area contributed by atoms with Gasteiger partial charge < -0.3 is 15.0 Å². The number of likely N-dealkylation sites (N-methyl/N-ethyl adjacent to an activating group) is 1. The smallest absolute Gasteiger partial charge is 0.255 e. The minimum atomic E-state index is -0.863. The number of nitrogens with zero attached hydrogens (tertiary/aromatic N) is 2. The highest BCUT2D eigenvalue weighted by atomic mass is 19.1. The van der Waals surface area contributed by atoms with Gasteiger partial charge in [0.2, 0.25) is 5.91 Å². The first-order valence-corrected chi connectivity index (χ1v) is 10.8. The summed E-state index contributed by atoms with van der Waals surface area (Å²) in [7, 11) is 3.24. The van der Waals surface area contributed by atoms with E-state index in [-0.39, 0.29) is 23.7 Å². The van der Waals surface area contributed by atoms with E-state index < -0.39 is 5.54 Å². The van der Waals surface area contributed by atoms with Crippen LogP contribution in [0.15, 0.2) is 36.4 Å². The lowest BCUT2D eigenvalue weighted by Gasteiger charge is -2.27. The van der Waals surface area contributed by atoms with Crippen LogP contribution in [0.4, 0.5) is 4.39 Å². The van der Waals surface area contributed by atoms with E-state index in [9.17, 15) is 14.0 Å². The summed E-state index contributed by atoms with van der Waals surface area (Å²) in [5.74, 6) is -0.386. The molecule has 1 saturated carbocycles. The molecule has 0 radical (unpaired) electrons. The van der Waals surface area contributed by atoms with Gasteiger partial charge in [-0.2, -0.15) is 5.10 Å². The molecule has 33 heavy (non-hydrogen) atoms. The fourth-order valence-electron chi connectivity index (χ4n) is 3.74. The molecule has 0 saturated heterocycles. The number of nitrogens with one attached hydrogen (secondary N) is 2. The lowest BCUT2D eigenvalue weighted by Crippen LogP contribution is -2.51. The van der Waals surface area contributed by atoms with Crippen LogP contribution >= 0.6 is 0 Å². The number of carbonyl (C=O) groups excluding carboxylic acids is 2. The molecular formula is C25H27FN4O3. The second-order valence-electron chi connectivity index (χ2n) is 8.61. The van der Waals surface area contributed by atoms with Gasteiger partial charge in [-0.25, -0.2) is 4.39 Å². The summed E-state index contributed by atoms with van der Waals surface area (Å²) >= 11 is 0. The highest BCUT2D eigenvalue weighted by molar-refractivity contribution is 6.07. The van der Waals surface area contributed by atoms with E-state index in [1.807, 2.05) is 13.8 Å². The number of rotatable bonds is 7. The van der Waals surface area contributed by atoms with Crippen LogP contribution in [-0.4, -0.2) is 52.6 Å². The molecule has 1 fully saturated rings. The molecule has 2 aromatic carbocycles. The van der Waals surface area contributed by atoms with Crippen molar-refractivity contribution < 1.29 is 18.7 Å². The zero-order valence-corrected chi connectivity index (χ0v) is 19.1.